The Kier molecular flexibility index (Phi) is 5.86. The van der Waals surface area contributed by atoms with Gasteiger partial charge in [0.05, 0.1) is 6.61 Å². The maximum absolute atomic E-state index is 12.4. The summed E-state index contributed by atoms with van der Waals surface area (Å²) in [7, 11) is 1.61. The maximum Gasteiger partial charge on any atom is 0.255 e. The highest BCUT2D eigenvalue weighted by molar-refractivity contribution is 6.04. The SMILES string of the molecule is COCCOc1cccc(NC(=O)c2ccc(NC(=O)C3CC3)cc2)c1. The van der Waals surface area contributed by atoms with Crippen molar-refractivity contribution in [3.63, 3.8) is 0 Å². The number of carbonyl (C=O) groups is 2. The van der Waals surface area contributed by atoms with Gasteiger partial charge in [-0.15, -0.1) is 0 Å². The van der Waals surface area contributed by atoms with Gasteiger partial charge in [0.2, 0.25) is 5.91 Å². The van der Waals surface area contributed by atoms with E-state index in [2.05, 4.69) is 10.6 Å². The molecule has 2 aromatic carbocycles. The summed E-state index contributed by atoms with van der Waals surface area (Å²) in [5.74, 6) is 0.640. The van der Waals surface area contributed by atoms with Crippen LogP contribution in [0.15, 0.2) is 48.5 Å². The van der Waals surface area contributed by atoms with Crippen LogP contribution in [-0.2, 0) is 9.53 Å². The monoisotopic (exact) mass is 354 g/mol. The lowest BCUT2D eigenvalue weighted by Gasteiger charge is -2.09. The molecule has 2 amide bonds. The summed E-state index contributed by atoms with van der Waals surface area (Å²) < 4.78 is 10.5. The number of amides is 2. The molecule has 2 aromatic rings. The van der Waals surface area contributed by atoms with Gasteiger partial charge in [0.15, 0.2) is 0 Å². The van der Waals surface area contributed by atoms with Crippen molar-refractivity contribution in [2.45, 2.75) is 12.8 Å². The van der Waals surface area contributed by atoms with Gasteiger partial charge in [0.25, 0.3) is 5.91 Å². The standard InChI is InChI=1S/C20H22N2O4/c1-25-11-12-26-18-4-2-3-17(13-18)22-20(24)15-7-9-16(10-8-15)21-19(23)14-5-6-14/h2-4,7-10,13-14H,5-6,11-12H2,1H3,(H,21,23)(H,22,24). The first-order valence-electron chi connectivity index (χ1n) is 8.60. The van der Waals surface area contributed by atoms with Gasteiger partial charge < -0.3 is 20.1 Å². The van der Waals surface area contributed by atoms with Crippen LogP contribution in [0.4, 0.5) is 11.4 Å². The topological polar surface area (TPSA) is 76.7 Å². The van der Waals surface area contributed by atoms with Gasteiger partial charge in [-0.25, -0.2) is 0 Å². The van der Waals surface area contributed by atoms with Gasteiger partial charge in [-0.1, -0.05) is 6.07 Å². The highest BCUT2D eigenvalue weighted by Gasteiger charge is 2.29. The third-order valence-corrected chi connectivity index (χ3v) is 4.01. The summed E-state index contributed by atoms with van der Waals surface area (Å²) in [5.41, 5.74) is 1.86. The van der Waals surface area contributed by atoms with Gasteiger partial charge in [0, 0.05) is 36.0 Å². The minimum absolute atomic E-state index is 0.0486. The van der Waals surface area contributed by atoms with Crippen LogP contribution in [0, 0.1) is 5.92 Å². The first-order chi connectivity index (χ1) is 12.7. The molecular weight excluding hydrogens is 332 g/mol. The molecule has 136 valence electrons. The highest BCUT2D eigenvalue weighted by atomic mass is 16.5. The molecular formula is C20H22N2O4. The van der Waals surface area contributed by atoms with Crippen molar-refractivity contribution in [3.8, 4) is 5.75 Å². The summed E-state index contributed by atoms with van der Waals surface area (Å²) in [6.45, 7) is 0.947. The molecule has 0 spiro atoms. The average Bonchev–Trinajstić information content (AvgIpc) is 3.48. The Morgan fingerprint density at radius 2 is 1.77 bits per heavy atom. The first kappa shape index (κ1) is 17.9. The summed E-state index contributed by atoms with van der Waals surface area (Å²) in [4.78, 5) is 24.1. The molecule has 0 saturated heterocycles. The average molecular weight is 354 g/mol. The Hall–Kier alpha value is -2.86. The number of rotatable bonds is 8. The van der Waals surface area contributed by atoms with E-state index in [0.717, 1.165) is 12.8 Å². The molecule has 0 radical (unpaired) electrons. The maximum atomic E-state index is 12.4. The van der Waals surface area contributed by atoms with Crippen molar-refractivity contribution in [1.82, 2.24) is 0 Å². The molecule has 0 bridgehead atoms. The fraction of sp³-hybridized carbons (Fsp3) is 0.300. The predicted molar refractivity (Wildman–Crippen MR) is 99.6 cm³/mol. The second kappa shape index (κ2) is 8.49. The Balaban J connectivity index is 1.57. The van der Waals surface area contributed by atoms with Crippen LogP contribution in [0.1, 0.15) is 23.2 Å². The smallest absolute Gasteiger partial charge is 0.255 e. The van der Waals surface area contributed by atoms with E-state index >= 15 is 0 Å². The minimum Gasteiger partial charge on any atom is -0.491 e. The molecule has 6 nitrogen and oxygen atoms in total. The van der Waals surface area contributed by atoms with Gasteiger partial charge in [-0.2, -0.15) is 0 Å². The van der Waals surface area contributed by atoms with Crippen molar-refractivity contribution >= 4 is 23.2 Å². The van der Waals surface area contributed by atoms with Crippen LogP contribution < -0.4 is 15.4 Å². The third kappa shape index (κ3) is 5.07. The molecule has 6 heteroatoms. The van der Waals surface area contributed by atoms with E-state index in [9.17, 15) is 9.59 Å². The zero-order valence-corrected chi connectivity index (χ0v) is 14.7. The van der Waals surface area contributed by atoms with Crippen LogP contribution in [0.3, 0.4) is 0 Å². The molecule has 1 fully saturated rings. The Morgan fingerprint density at radius 3 is 2.46 bits per heavy atom. The third-order valence-electron chi connectivity index (χ3n) is 4.01. The summed E-state index contributed by atoms with van der Waals surface area (Å²) in [5, 5.41) is 5.69. The van der Waals surface area contributed by atoms with E-state index in [0.29, 0.717) is 35.9 Å². The molecule has 0 aromatic heterocycles. The Bertz CT molecular complexity index is 770. The van der Waals surface area contributed by atoms with Gasteiger partial charge in [0.1, 0.15) is 12.4 Å². The minimum atomic E-state index is -0.223. The molecule has 3 rings (SSSR count). The summed E-state index contributed by atoms with van der Waals surface area (Å²) in [6, 6.07) is 14.0. The molecule has 0 atom stereocenters. The van der Waals surface area contributed by atoms with E-state index in [1.807, 2.05) is 12.1 Å². The van der Waals surface area contributed by atoms with Gasteiger partial charge in [-0.3, -0.25) is 9.59 Å². The van der Waals surface area contributed by atoms with Gasteiger partial charge in [-0.05, 0) is 49.2 Å². The van der Waals surface area contributed by atoms with Crippen molar-refractivity contribution in [2.75, 3.05) is 31.0 Å². The summed E-state index contributed by atoms with van der Waals surface area (Å²) in [6.07, 6.45) is 1.92. The van der Waals surface area contributed by atoms with Gasteiger partial charge >= 0.3 is 0 Å². The molecule has 1 aliphatic rings. The van der Waals surface area contributed by atoms with Crippen LogP contribution in [0.25, 0.3) is 0 Å². The van der Waals surface area contributed by atoms with Crippen LogP contribution in [0.5, 0.6) is 5.75 Å². The molecule has 0 aliphatic heterocycles. The molecule has 1 saturated carbocycles. The lowest BCUT2D eigenvalue weighted by Crippen LogP contribution is -2.14. The van der Waals surface area contributed by atoms with Crippen molar-refractivity contribution < 1.29 is 19.1 Å². The van der Waals surface area contributed by atoms with Crippen molar-refractivity contribution in [1.29, 1.82) is 0 Å². The predicted octanol–water partition coefficient (Wildman–Crippen LogP) is 3.31. The van der Waals surface area contributed by atoms with E-state index in [1.54, 1.807) is 43.5 Å². The number of benzene rings is 2. The number of hydrogen-bond acceptors (Lipinski definition) is 4. The molecule has 2 N–H and O–H groups in total. The zero-order chi connectivity index (χ0) is 18.4. The van der Waals surface area contributed by atoms with Crippen LogP contribution >= 0.6 is 0 Å². The normalized spacial score (nSPS) is 13.1. The molecule has 26 heavy (non-hydrogen) atoms. The Labute approximate surface area is 152 Å². The van der Waals surface area contributed by atoms with E-state index < -0.39 is 0 Å². The molecule has 0 unspecified atom stereocenters. The first-order valence-corrected chi connectivity index (χ1v) is 8.60. The molecule has 1 aliphatic carbocycles. The lowest BCUT2D eigenvalue weighted by atomic mass is 10.2. The van der Waals surface area contributed by atoms with Crippen molar-refractivity contribution in [2.24, 2.45) is 5.92 Å². The number of methoxy groups -OCH3 is 1. The second-order valence-corrected chi connectivity index (χ2v) is 6.16. The van der Waals surface area contributed by atoms with E-state index in [4.69, 9.17) is 9.47 Å². The number of hydrogen-bond donors (Lipinski definition) is 2. The van der Waals surface area contributed by atoms with Crippen molar-refractivity contribution in [3.05, 3.63) is 54.1 Å². The summed E-state index contributed by atoms with van der Waals surface area (Å²) >= 11 is 0. The number of anilines is 2. The van der Waals surface area contributed by atoms with E-state index in [1.165, 1.54) is 0 Å². The van der Waals surface area contributed by atoms with Crippen LogP contribution in [-0.4, -0.2) is 32.1 Å². The fourth-order valence-corrected chi connectivity index (χ4v) is 2.40. The van der Waals surface area contributed by atoms with Crippen LogP contribution in [0.2, 0.25) is 0 Å². The number of nitrogens with one attached hydrogen (secondary N) is 2. The fourth-order valence-electron chi connectivity index (χ4n) is 2.40. The second-order valence-electron chi connectivity index (χ2n) is 6.16. The highest BCUT2D eigenvalue weighted by Crippen LogP contribution is 2.30. The quantitative estimate of drug-likeness (QED) is 0.713. The molecule has 0 heterocycles. The Morgan fingerprint density at radius 1 is 1.00 bits per heavy atom. The zero-order valence-electron chi connectivity index (χ0n) is 14.7. The van der Waals surface area contributed by atoms with E-state index in [-0.39, 0.29) is 17.7 Å². The number of carbonyl (C=O) groups excluding carboxylic acids is 2. The lowest BCUT2D eigenvalue weighted by molar-refractivity contribution is -0.117. The number of ether oxygens (including phenoxy) is 2. The largest absolute Gasteiger partial charge is 0.491 e.